The number of likely N-dealkylation sites (N-methyl/N-ethyl adjacent to an activating group) is 1. The lowest BCUT2D eigenvalue weighted by atomic mass is 10.2. The molecule has 0 saturated carbocycles. The second-order valence-electron chi connectivity index (χ2n) is 4.56. The van der Waals surface area contributed by atoms with Crippen LogP contribution in [0.4, 0.5) is 11.5 Å². The number of amides is 1. The van der Waals surface area contributed by atoms with Gasteiger partial charge >= 0.3 is 0 Å². The minimum absolute atomic E-state index is 0.0728. The molecule has 19 heavy (non-hydrogen) atoms. The van der Waals surface area contributed by atoms with Gasteiger partial charge in [-0.25, -0.2) is 0 Å². The lowest BCUT2D eigenvalue weighted by Gasteiger charge is -2.24. The minimum atomic E-state index is -0.317. The number of aryl methyl sites for hydroxylation is 2. The predicted octanol–water partition coefficient (Wildman–Crippen LogP) is 1.23. The van der Waals surface area contributed by atoms with Crippen molar-refractivity contribution in [2.45, 2.75) is 40.2 Å². The van der Waals surface area contributed by atoms with Crippen molar-refractivity contribution in [1.82, 2.24) is 14.7 Å². The van der Waals surface area contributed by atoms with Gasteiger partial charge in [-0.15, -0.1) is 0 Å². The first-order valence-electron chi connectivity index (χ1n) is 6.82. The summed E-state index contributed by atoms with van der Waals surface area (Å²) in [5.74, 6) is 0.786. The molecular weight excluding hydrogens is 242 g/mol. The number of hydrogen-bond donors (Lipinski definition) is 2. The number of carbonyl (C=O) groups is 1. The van der Waals surface area contributed by atoms with E-state index in [4.69, 9.17) is 5.73 Å². The fraction of sp³-hybridized carbons (Fsp3) is 0.692. The summed E-state index contributed by atoms with van der Waals surface area (Å²) < 4.78 is 1.69. The van der Waals surface area contributed by atoms with Crippen LogP contribution in [0.25, 0.3) is 0 Å². The topological polar surface area (TPSA) is 76.2 Å². The van der Waals surface area contributed by atoms with E-state index in [0.717, 1.165) is 12.1 Å². The van der Waals surface area contributed by atoms with Gasteiger partial charge in [-0.1, -0.05) is 6.92 Å². The summed E-state index contributed by atoms with van der Waals surface area (Å²) in [5.41, 5.74) is 7.52. The van der Waals surface area contributed by atoms with Gasteiger partial charge in [0.1, 0.15) is 11.9 Å². The molecule has 1 heterocycles. The van der Waals surface area contributed by atoms with E-state index in [0.29, 0.717) is 24.6 Å². The monoisotopic (exact) mass is 267 g/mol. The molecule has 0 aliphatic heterocycles. The Morgan fingerprint density at radius 2 is 2.00 bits per heavy atom. The molecule has 0 saturated heterocycles. The van der Waals surface area contributed by atoms with Crippen molar-refractivity contribution in [1.29, 1.82) is 0 Å². The Balaban J connectivity index is 2.85. The summed E-state index contributed by atoms with van der Waals surface area (Å²) in [6.45, 7) is 9.22. The highest BCUT2D eigenvalue weighted by atomic mass is 16.2. The maximum Gasteiger partial charge on any atom is 0.244 e. The number of nitrogen functional groups attached to an aromatic ring is 1. The van der Waals surface area contributed by atoms with E-state index in [1.165, 1.54) is 0 Å². The van der Waals surface area contributed by atoms with Crippen LogP contribution >= 0.6 is 0 Å². The van der Waals surface area contributed by atoms with E-state index in [9.17, 15) is 4.79 Å². The van der Waals surface area contributed by atoms with Crippen LogP contribution in [-0.4, -0.2) is 39.7 Å². The number of carbonyl (C=O) groups excluding carboxylic acids is 1. The van der Waals surface area contributed by atoms with Crippen LogP contribution < -0.4 is 11.1 Å². The molecule has 1 rings (SSSR count). The average Bonchev–Trinajstić information content (AvgIpc) is 2.67. The highest BCUT2D eigenvalue weighted by molar-refractivity contribution is 5.85. The number of nitrogens with zero attached hydrogens (tertiary/aromatic N) is 3. The van der Waals surface area contributed by atoms with Crippen molar-refractivity contribution in [3.8, 4) is 0 Å². The third kappa shape index (κ3) is 3.19. The van der Waals surface area contributed by atoms with E-state index in [2.05, 4.69) is 10.4 Å². The third-order valence-corrected chi connectivity index (χ3v) is 3.29. The lowest BCUT2D eigenvalue weighted by Crippen LogP contribution is -2.41. The SMILES string of the molecule is CCc1nn(C)c(NC(C)C(=O)N(CC)CC)c1N. The molecule has 1 amide bonds. The molecule has 0 fully saturated rings. The standard InChI is InChI=1S/C13H25N5O/c1-6-10-11(14)12(17(5)16-10)15-9(4)13(19)18(7-2)8-3/h9,15H,6-8,14H2,1-5H3. The van der Waals surface area contributed by atoms with E-state index >= 15 is 0 Å². The Hall–Kier alpha value is -1.72. The Bertz CT molecular complexity index is 436. The molecule has 1 atom stereocenters. The molecule has 108 valence electrons. The molecular formula is C13H25N5O. The second-order valence-corrected chi connectivity index (χ2v) is 4.56. The van der Waals surface area contributed by atoms with Crippen molar-refractivity contribution < 1.29 is 4.79 Å². The van der Waals surface area contributed by atoms with Crippen molar-refractivity contribution >= 4 is 17.4 Å². The summed E-state index contributed by atoms with van der Waals surface area (Å²) in [6, 6.07) is -0.317. The molecule has 1 aromatic heterocycles. The number of rotatable bonds is 6. The minimum Gasteiger partial charge on any atom is -0.394 e. The summed E-state index contributed by atoms with van der Waals surface area (Å²) in [5, 5.41) is 7.50. The summed E-state index contributed by atoms with van der Waals surface area (Å²) in [7, 11) is 1.83. The Morgan fingerprint density at radius 3 is 2.42 bits per heavy atom. The number of nitrogens with two attached hydrogens (primary N) is 1. The van der Waals surface area contributed by atoms with Crippen molar-refractivity contribution in [2.24, 2.45) is 7.05 Å². The van der Waals surface area contributed by atoms with Gasteiger partial charge in [0.25, 0.3) is 0 Å². The normalized spacial score (nSPS) is 12.3. The van der Waals surface area contributed by atoms with E-state index in [1.54, 1.807) is 9.58 Å². The van der Waals surface area contributed by atoms with Crippen molar-refractivity contribution in [3.63, 3.8) is 0 Å². The van der Waals surface area contributed by atoms with E-state index in [-0.39, 0.29) is 11.9 Å². The van der Waals surface area contributed by atoms with E-state index in [1.807, 2.05) is 34.7 Å². The first-order chi connectivity index (χ1) is 8.96. The molecule has 0 aliphatic rings. The highest BCUT2D eigenvalue weighted by Crippen LogP contribution is 2.23. The molecule has 3 N–H and O–H groups in total. The first kappa shape index (κ1) is 15.3. The van der Waals surface area contributed by atoms with Crippen LogP contribution in [0.15, 0.2) is 0 Å². The van der Waals surface area contributed by atoms with Crippen LogP contribution in [0.1, 0.15) is 33.4 Å². The quantitative estimate of drug-likeness (QED) is 0.813. The summed E-state index contributed by atoms with van der Waals surface area (Å²) in [4.78, 5) is 14.0. The highest BCUT2D eigenvalue weighted by Gasteiger charge is 2.21. The second kappa shape index (κ2) is 6.45. The van der Waals surface area contributed by atoms with Gasteiger partial charge in [0.05, 0.1) is 11.4 Å². The largest absolute Gasteiger partial charge is 0.394 e. The number of aromatic nitrogens is 2. The maximum atomic E-state index is 12.2. The molecule has 0 radical (unpaired) electrons. The van der Waals surface area contributed by atoms with Crippen LogP contribution in [0.3, 0.4) is 0 Å². The molecule has 0 spiro atoms. The van der Waals surface area contributed by atoms with Gasteiger partial charge < -0.3 is 16.0 Å². The van der Waals surface area contributed by atoms with Crippen molar-refractivity contribution in [3.05, 3.63) is 5.69 Å². The van der Waals surface area contributed by atoms with Gasteiger partial charge in [-0.05, 0) is 27.2 Å². The fourth-order valence-electron chi connectivity index (χ4n) is 2.10. The Labute approximate surface area is 114 Å². The van der Waals surface area contributed by atoms with E-state index < -0.39 is 0 Å². The predicted molar refractivity (Wildman–Crippen MR) is 78.0 cm³/mol. The Morgan fingerprint density at radius 1 is 1.42 bits per heavy atom. The van der Waals surface area contributed by atoms with Crippen LogP contribution in [-0.2, 0) is 18.3 Å². The zero-order chi connectivity index (χ0) is 14.6. The third-order valence-electron chi connectivity index (χ3n) is 3.29. The zero-order valence-corrected chi connectivity index (χ0v) is 12.5. The molecule has 0 aromatic carbocycles. The van der Waals surface area contributed by atoms with Crippen LogP contribution in [0, 0.1) is 0 Å². The number of nitrogens with one attached hydrogen (secondary N) is 1. The van der Waals surface area contributed by atoms with Gasteiger partial charge in [-0.3, -0.25) is 9.48 Å². The maximum absolute atomic E-state index is 12.2. The van der Waals surface area contributed by atoms with Gasteiger partial charge in [0.15, 0.2) is 0 Å². The fourth-order valence-corrected chi connectivity index (χ4v) is 2.10. The summed E-state index contributed by atoms with van der Waals surface area (Å²) >= 11 is 0. The molecule has 0 bridgehead atoms. The Kier molecular flexibility index (Phi) is 5.20. The van der Waals surface area contributed by atoms with Crippen LogP contribution in [0.2, 0.25) is 0 Å². The van der Waals surface area contributed by atoms with Gasteiger partial charge in [0.2, 0.25) is 5.91 Å². The van der Waals surface area contributed by atoms with Gasteiger partial charge in [-0.2, -0.15) is 5.10 Å². The average molecular weight is 267 g/mol. The molecule has 1 unspecified atom stereocenters. The number of hydrogen-bond acceptors (Lipinski definition) is 4. The first-order valence-corrected chi connectivity index (χ1v) is 6.82. The van der Waals surface area contributed by atoms with Crippen molar-refractivity contribution in [2.75, 3.05) is 24.1 Å². The molecule has 0 aliphatic carbocycles. The zero-order valence-electron chi connectivity index (χ0n) is 12.5. The summed E-state index contributed by atoms with van der Waals surface area (Å²) in [6.07, 6.45) is 0.778. The molecule has 1 aromatic rings. The molecule has 6 heteroatoms. The van der Waals surface area contributed by atoms with Gasteiger partial charge in [0, 0.05) is 20.1 Å². The smallest absolute Gasteiger partial charge is 0.244 e. The lowest BCUT2D eigenvalue weighted by molar-refractivity contribution is -0.131. The number of anilines is 2. The molecule has 6 nitrogen and oxygen atoms in total. The van der Waals surface area contributed by atoms with Crippen LogP contribution in [0.5, 0.6) is 0 Å².